The topological polar surface area (TPSA) is 71.1 Å². The van der Waals surface area contributed by atoms with Crippen molar-refractivity contribution in [3.63, 3.8) is 0 Å². The van der Waals surface area contributed by atoms with Gasteiger partial charge in [0.05, 0.1) is 12.2 Å². The highest BCUT2D eigenvalue weighted by Gasteiger charge is 2.12. The molecule has 0 saturated heterocycles. The van der Waals surface area contributed by atoms with Gasteiger partial charge in [-0.15, -0.1) is 0 Å². The molecule has 2 N–H and O–H groups in total. The first-order chi connectivity index (χ1) is 13.6. The number of pyridine rings is 1. The molecule has 1 aromatic heterocycles. The number of carbonyl (C=O) groups excluding carboxylic acids is 2. The van der Waals surface area contributed by atoms with Gasteiger partial charge in [-0.1, -0.05) is 31.2 Å². The third kappa shape index (κ3) is 4.62. The number of nitrogens with one attached hydrogen (secondary N) is 2. The minimum atomic E-state index is -0.204. The summed E-state index contributed by atoms with van der Waals surface area (Å²) in [5, 5.41) is 5.82. The highest BCUT2D eigenvalue weighted by atomic mass is 16.2. The Hall–Kier alpha value is -3.47. The number of carbonyl (C=O) groups is 2. The van der Waals surface area contributed by atoms with E-state index in [4.69, 9.17) is 0 Å². The van der Waals surface area contributed by atoms with E-state index in [-0.39, 0.29) is 11.8 Å². The molecule has 0 aliphatic heterocycles. The molecule has 0 saturated carbocycles. The van der Waals surface area contributed by atoms with Crippen molar-refractivity contribution in [1.29, 1.82) is 0 Å². The monoisotopic (exact) mass is 373 g/mol. The molecule has 0 radical (unpaired) electrons. The SMILES string of the molecule is CCc1cccc(C)c1NC(=O)c1ccc(C(=O)NCc2ccccn2)cc1. The zero-order chi connectivity index (χ0) is 19.9. The molecule has 0 bridgehead atoms. The first kappa shape index (κ1) is 19.3. The van der Waals surface area contributed by atoms with E-state index in [0.29, 0.717) is 17.7 Å². The van der Waals surface area contributed by atoms with E-state index in [0.717, 1.165) is 28.9 Å². The van der Waals surface area contributed by atoms with E-state index >= 15 is 0 Å². The van der Waals surface area contributed by atoms with Crippen molar-refractivity contribution in [1.82, 2.24) is 10.3 Å². The van der Waals surface area contributed by atoms with E-state index in [9.17, 15) is 9.59 Å². The molecular formula is C23H23N3O2. The lowest BCUT2D eigenvalue weighted by atomic mass is 10.0. The minimum absolute atomic E-state index is 0.190. The number of amides is 2. The van der Waals surface area contributed by atoms with E-state index in [2.05, 4.69) is 22.5 Å². The molecule has 28 heavy (non-hydrogen) atoms. The second kappa shape index (κ2) is 8.95. The molecule has 3 rings (SSSR count). The van der Waals surface area contributed by atoms with Gasteiger partial charge in [0, 0.05) is 23.0 Å². The van der Waals surface area contributed by atoms with E-state index in [1.165, 1.54) is 0 Å². The number of aromatic nitrogens is 1. The molecule has 0 unspecified atom stereocenters. The lowest BCUT2D eigenvalue weighted by molar-refractivity contribution is 0.0948. The molecule has 3 aromatic rings. The predicted octanol–water partition coefficient (Wildman–Crippen LogP) is 4.13. The summed E-state index contributed by atoms with van der Waals surface area (Å²) in [5.41, 5.74) is 4.77. The Labute approximate surface area is 164 Å². The Morgan fingerprint density at radius 1 is 0.893 bits per heavy atom. The summed E-state index contributed by atoms with van der Waals surface area (Å²) in [5.74, 6) is -0.394. The molecule has 5 heteroatoms. The van der Waals surface area contributed by atoms with Crippen molar-refractivity contribution in [2.75, 3.05) is 5.32 Å². The lowest BCUT2D eigenvalue weighted by Gasteiger charge is -2.13. The van der Waals surface area contributed by atoms with Gasteiger partial charge in [-0.05, 0) is 60.9 Å². The molecule has 0 aliphatic rings. The largest absolute Gasteiger partial charge is 0.346 e. The van der Waals surface area contributed by atoms with Crippen LogP contribution in [-0.4, -0.2) is 16.8 Å². The van der Waals surface area contributed by atoms with Crippen LogP contribution in [0.25, 0.3) is 0 Å². The second-order valence-electron chi connectivity index (χ2n) is 6.50. The van der Waals surface area contributed by atoms with Crippen LogP contribution in [0.1, 0.15) is 44.5 Å². The molecule has 0 aliphatic carbocycles. The Bertz CT molecular complexity index is 967. The third-order valence-electron chi connectivity index (χ3n) is 4.54. The zero-order valence-electron chi connectivity index (χ0n) is 16.0. The molecule has 2 aromatic carbocycles. The predicted molar refractivity (Wildman–Crippen MR) is 110 cm³/mol. The molecule has 0 fully saturated rings. The van der Waals surface area contributed by atoms with Gasteiger partial charge in [0.2, 0.25) is 0 Å². The van der Waals surface area contributed by atoms with Gasteiger partial charge in [-0.25, -0.2) is 0 Å². The van der Waals surface area contributed by atoms with E-state index in [1.807, 2.05) is 43.3 Å². The number of para-hydroxylation sites is 1. The first-order valence-corrected chi connectivity index (χ1v) is 9.26. The minimum Gasteiger partial charge on any atom is -0.346 e. The van der Waals surface area contributed by atoms with Crippen molar-refractivity contribution in [3.8, 4) is 0 Å². The van der Waals surface area contributed by atoms with Crippen LogP contribution in [0.2, 0.25) is 0 Å². The number of hydrogen-bond donors (Lipinski definition) is 2. The van der Waals surface area contributed by atoms with Gasteiger partial charge in [-0.2, -0.15) is 0 Å². The van der Waals surface area contributed by atoms with E-state index < -0.39 is 0 Å². The number of anilines is 1. The number of hydrogen-bond acceptors (Lipinski definition) is 3. The van der Waals surface area contributed by atoms with Gasteiger partial charge in [0.15, 0.2) is 0 Å². The highest BCUT2D eigenvalue weighted by Crippen LogP contribution is 2.22. The average Bonchev–Trinajstić information content (AvgIpc) is 2.74. The summed E-state index contributed by atoms with van der Waals surface area (Å²) in [7, 11) is 0. The quantitative estimate of drug-likeness (QED) is 0.682. The van der Waals surface area contributed by atoms with Crippen LogP contribution in [-0.2, 0) is 13.0 Å². The average molecular weight is 373 g/mol. The van der Waals surface area contributed by atoms with Crippen LogP contribution in [0.4, 0.5) is 5.69 Å². The second-order valence-corrected chi connectivity index (χ2v) is 6.50. The molecule has 5 nitrogen and oxygen atoms in total. The van der Waals surface area contributed by atoms with Crippen molar-refractivity contribution in [2.24, 2.45) is 0 Å². The molecule has 1 heterocycles. The van der Waals surface area contributed by atoms with Gasteiger partial charge in [0.25, 0.3) is 11.8 Å². The van der Waals surface area contributed by atoms with Crippen LogP contribution in [0, 0.1) is 6.92 Å². The van der Waals surface area contributed by atoms with Crippen LogP contribution < -0.4 is 10.6 Å². The van der Waals surface area contributed by atoms with Crippen molar-refractivity contribution >= 4 is 17.5 Å². The summed E-state index contributed by atoms with van der Waals surface area (Å²) in [4.78, 5) is 29.1. The normalized spacial score (nSPS) is 10.4. The van der Waals surface area contributed by atoms with Crippen LogP contribution >= 0.6 is 0 Å². The smallest absolute Gasteiger partial charge is 0.255 e. The van der Waals surface area contributed by atoms with Crippen LogP contribution in [0.5, 0.6) is 0 Å². The number of aryl methyl sites for hydroxylation is 2. The third-order valence-corrected chi connectivity index (χ3v) is 4.54. The fourth-order valence-electron chi connectivity index (χ4n) is 2.94. The Balaban J connectivity index is 1.65. The maximum atomic E-state index is 12.6. The molecule has 0 atom stereocenters. The van der Waals surface area contributed by atoms with Gasteiger partial charge < -0.3 is 10.6 Å². The van der Waals surface area contributed by atoms with Crippen molar-refractivity contribution < 1.29 is 9.59 Å². The molecular weight excluding hydrogens is 350 g/mol. The zero-order valence-corrected chi connectivity index (χ0v) is 16.0. The Morgan fingerprint density at radius 2 is 1.61 bits per heavy atom. The van der Waals surface area contributed by atoms with Gasteiger partial charge in [-0.3, -0.25) is 14.6 Å². The summed E-state index contributed by atoms with van der Waals surface area (Å²) in [6.07, 6.45) is 2.53. The summed E-state index contributed by atoms with van der Waals surface area (Å²) in [6.45, 7) is 4.39. The number of nitrogens with zero attached hydrogens (tertiary/aromatic N) is 1. The molecule has 0 spiro atoms. The van der Waals surface area contributed by atoms with Crippen molar-refractivity contribution in [2.45, 2.75) is 26.8 Å². The fraction of sp³-hybridized carbons (Fsp3) is 0.174. The number of rotatable bonds is 6. The standard InChI is InChI=1S/C23H23N3O2/c1-3-17-8-6-7-16(2)21(17)26-23(28)19-12-10-18(11-13-19)22(27)25-15-20-9-4-5-14-24-20/h4-14H,3,15H2,1-2H3,(H,25,27)(H,26,28). The van der Waals surface area contributed by atoms with Crippen molar-refractivity contribution in [3.05, 3.63) is 94.8 Å². The van der Waals surface area contributed by atoms with Gasteiger partial charge >= 0.3 is 0 Å². The van der Waals surface area contributed by atoms with Crippen LogP contribution in [0.15, 0.2) is 66.9 Å². The van der Waals surface area contributed by atoms with Gasteiger partial charge in [0.1, 0.15) is 0 Å². The first-order valence-electron chi connectivity index (χ1n) is 9.26. The highest BCUT2D eigenvalue weighted by molar-refractivity contribution is 6.05. The van der Waals surface area contributed by atoms with E-state index in [1.54, 1.807) is 30.5 Å². The lowest BCUT2D eigenvalue weighted by Crippen LogP contribution is -2.23. The summed E-state index contributed by atoms with van der Waals surface area (Å²) in [6, 6.07) is 18.2. The summed E-state index contributed by atoms with van der Waals surface area (Å²) >= 11 is 0. The molecule has 142 valence electrons. The fourth-order valence-corrected chi connectivity index (χ4v) is 2.94. The maximum absolute atomic E-state index is 12.6. The maximum Gasteiger partial charge on any atom is 0.255 e. The molecule has 2 amide bonds. The Kier molecular flexibility index (Phi) is 6.17. The Morgan fingerprint density at radius 3 is 2.25 bits per heavy atom. The number of benzene rings is 2. The summed E-state index contributed by atoms with van der Waals surface area (Å²) < 4.78 is 0. The van der Waals surface area contributed by atoms with Crippen LogP contribution in [0.3, 0.4) is 0 Å².